The number of nitrogens with zero attached hydrogens (tertiary/aromatic N) is 1. The molecule has 128 valence electrons. The fraction of sp³-hybridized carbons (Fsp3) is 0.562. The number of halogens is 3. The fourth-order valence-corrected chi connectivity index (χ4v) is 2.67. The Morgan fingerprint density at radius 3 is 2.35 bits per heavy atom. The minimum absolute atomic E-state index is 0.0251. The van der Waals surface area contributed by atoms with Crippen LogP contribution in [0.1, 0.15) is 45.2 Å². The molecule has 1 fully saturated rings. The van der Waals surface area contributed by atoms with Crippen LogP contribution >= 0.6 is 0 Å². The van der Waals surface area contributed by atoms with Crippen LogP contribution in [0.2, 0.25) is 0 Å². The van der Waals surface area contributed by atoms with E-state index in [1.165, 1.54) is 24.3 Å². The van der Waals surface area contributed by atoms with Gasteiger partial charge in [-0.25, -0.2) is 0 Å². The second-order valence-electron chi connectivity index (χ2n) is 6.26. The van der Waals surface area contributed by atoms with Crippen molar-refractivity contribution in [3.8, 4) is 5.75 Å². The lowest BCUT2D eigenvalue weighted by molar-refractivity contribution is -0.203. The number of hydrazine groups is 1. The molecule has 1 aliphatic heterocycles. The average molecular weight is 330 g/mol. The molecule has 1 amide bonds. The number of benzene rings is 1. The SMILES string of the molecule is CCCOc1ccc(C(N2NC(=O)CC2(C)C)C(F)(F)F)cc1. The maximum atomic E-state index is 13.6. The Kier molecular flexibility index (Phi) is 4.89. The Morgan fingerprint density at radius 2 is 1.91 bits per heavy atom. The van der Waals surface area contributed by atoms with E-state index < -0.39 is 23.7 Å². The molecule has 1 heterocycles. The molecule has 0 radical (unpaired) electrons. The van der Waals surface area contributed by atoms with E-state index in [2.05, 4.69) is 5.43 Å². The number of hydrogen-bond donors (Lipinski definition) is 1. The third-order valence-electron chi connectivity index (χ3n) is 3.73. The average Bonchev–Trinajstić information content (AvgIpc) is 2.69. The number of hydrogen-bond acceptors (Lipinski definition) is 3. The van der Waals surface area contributed by atoms with E-state index in [4.69, 9.17) is 4.74 Å². The van der Waals surface area contributed by atoms with Gasteiger partial charge in [0.2, 0.25) is 5.91 Å². The Labute approximate surface area is 133 Å². The smallest absolute Gasteiger partial charge is 0.409 e. The molecule has 1 aliphatic rings. The van der Waals surface area contributed by atoms with Gasteiger partial charge in [0.05, 0.1) is 6.61 Å². The Balaban J connectivity index is 2.31. The van der Waals surface area contributed by atoms with Gasteiger partial charge in [-0.05, 0) is 38.0 Å². The first-order chi connectivity index (χ1) is 10.6. The largest absolute Gasteiger partial charge is 0.494 e. The molecule has 7 heteroatoms. The van der Waals surface area contributed by atoms with Gasteiger partial charge >= 0.3 is 6.18 Å². The molecule has 1 aromatic carbocycles. The Bertz CT molecular complexity index is 555. The van der Waals surface area contributed by atoms with E-state index in [1.807, 2.05) is 6.92 Å². The summed E-state index contributed by atoms with van der Waals surface area (Å²) in [5, 5.41) is 0.997. The first-order valence-corrected chi connectivity index (χ1v) is 7.53. The van der Waals surface area contributed by atoms with Crippen molar-refractivity contribution in [3.63, 3.8) is 0 Å². The minimum Gasteiger partial charge on any atom is -0.494 e. The number of rotatable bonds is 5. The molecule has 0 spiro atoms. The maximum absolute atomic E-state index is 13.6. The summed E-state index contributed by atoms with van der Waals surface area (Å²) in [7, 11) is 0. The van der Waals surface area contributed by atoms with Crippen molar-refractivity contribution in [1.82, 2.24) is 10.4 Å². The molecular weight excluding hydrogens is 309 g/mol. The summed E-state index contributed by atoms with van der Waals surface area (Å²) in [6.07, 6.45) is -3.67. The number of alkyl halides is 3. The van der Waals surface area contributed by atoms with Crippen molar-refractivity contribution < 1.29 is 22.7 Å². The van der Waals surface area contributed by atoms with Gasteiger partial charge in [0, 0.05) is 12.0 Å². The number of carbonyl (C=O) groups excluding carboxylic acids is 1. The van der Waals surface area contributed by atoms with Crippen LogP contribution in [-0.4, -0.2) is 29.2 Å². The van der Waals surface area contributed by atoms with E-state index in [0.29, 0.717) is 12.4 Å². The van der Waals surface area contributed by atoms with Gasteiger partial charge in [0.1, 0.15) is 5.75 Å². The molecule has 0 aromatic heterocycles. The van der Waals surface area contributed by atoms with Crippen LogP contribution in [0, 0.1) is 0 Å². The van der Waals surface area contributed by atoms with Crippen molar-refractivity contribution >= 4 is 5.91 Å². The number of nitrogens with one attached hydrogen (secondary N) is 1. The second-order valence-corrected chi connectivity index (χ2v) is 6.26. The molecule has 1 N–H and O–H groups in total. The lowest BCUT2D eigenvalue weighted by Crippen LogP contribution is -2.51. The summed E-state index contributed by atoms with van der Waals surface area (Å²) in [4.78, 5) is 11.6. The molecule has 4 nitrogen and oxygen atoms in total. The van der Waals surface area contributed by atoms with Crippen molar-refractivity contribution in [3.05, 3.63) is 29.8 Å². The van der Waals surface area contributed by atoms with Gasteiger partial charge in [-0.2, -0.15) is 18.2 Å². The minimum atomic E-state index is -4.51. The predicted molar refractivity (Wildman–Crippen MR) is 79.7 cm³/mol. The molecule has 1 unspecified atom stereocenters. The number of ether oxygens (including phenoxy) is 1. The van der Waals surface area contributed by atoms with Crippen LogP contribution in [0.4, 0.5) is 13.2 Å². The van der Waals surface area contributed by atoms with Gasteiger partial charge in [-0.3, -0.25) is 10.2 Å². The first-order valence-electron chi connectivity index (χ1n) is 7.53. The van der Waals surface area contributed by atoms with Crippen molar-refractivity contribution in [2.75, 3.05) is 6.61 Å². The van der Waals surface area contributed by atoms with Crippen molar-refractivity contribution in [2.45, 2.75) is 51.4 Å². The van der Waals surface area contributed by atoms with Crippen LogP contribution in [0.5, 0.6) is 5.75 Å². The van der Waals surface area contributed by atoms with Crippen LogP contribution < -0.4 is 10.2 Å². The van der Waals surface area contributed by atoms with Gasteiger partial charge in [0.25, 0.3) is 0 Å². The van der Waals surface area contributed by atoms with Crippen LogP contribution in [-0.2, 0) is 4.79 Å². The van der Waals surface area contributed by atoms with Crippen LogP contribution in [0.15, 0.2) is 24.3 Å². The molecule has 0 bridgehead atoms. The van der Waals surface area contributed by atoms with E-state index in [0.717, 1.165) is 11.4 Å². The van der Waals surface area contributed by atoms with Gasteiger partial charge in [-0.15, -0.1) is 0 Å². The molecule has 0 aliphatic carbocycles. The normalized spacial score (nSPS) is 19.5. The molecule has 1 saturated heterocycles. The van der Waals surface area contributed by atoms with E-state index in [1.54, 1.807) is 13.8 Å². The third kappa shape index (κ3) is 3.96. The number of carbonyl (C=O) groups is 1. The Morgan fingerprint density at radius 1 is 1.30 bits per heavy atom. The summed E-state index contributed by atoms with van der Waals surface area (Å²) in [5.74, 6) is 0.119. The monoisotopic (exact) mass is 330 g/mol. The van der Waals surface area contributed by atoms with Crippen molar-refractivity contribution in [1.29, 1.82) is 0 Å². The summed E-state index contributed by atoms with van der Waals surface area (Å²) in [5.41, 5.74) is 1.49. The van der Waals surface area contributed by atoms with Gasteiger partial charge in [-0.1, -0.05) is 19.1 Å². The van der Waals surface area contributed by atoms with Crippen LogP contribution in [0.25, 0.3) is 0 Å². The van der Waals surface area contributed by atoms with E-state index >= 15 is 0 Å². The zero-order valence-corrected chi connectivity index (χ0v) is 13.4. The highest BCUT2D eigenvalue weighted by molar-refractivity contribution is 5.79. The van der Waals surface area contributed by atoms with Crippen molar-refractivity contribution in [2.24, 2.45) is 0 Å². The van der Waals surface area contributed by atoms with E-state index in [9.17, 15) is 18.0 Å². The lowest BCUT2D eigenvalue weighted by atomic mass is 9.97. The zero-order chi connectivity index (χ0) is 17.3. The highest BCUT2D eigenvalue weighted by atomic mass is 19.4. The summed E-state index contributed by atoms with van der Waals surface area (Å²) in [6, 6.07) is 3.93. The molecule has 23 heavy (non-hydrogen) atoms. The molecular formula is C16H21F3N2O2. The highest BCUT2D eigenvalue weighted by Gasteiger charge is 2.52. The molecule has 0 saturated carbocycles. The predicted octanol–water partition coefficient (Wildman–Crippen LogP) is 3.59. The summed E-state index contributed by atoms with van der Waals surface area (Å²) < 4.78 is 46.2. The lowest BCUT2D eigenvalue weighted by Gasteiger charge is -2.37. The highest BCUT2D eigenvalue weighted by Crippen LogP contribution is 2.42. The summed E-state index contributed by atoms with van der Waals surface area (Å²) in [6.45, 7) is 5.69. The molecule has 1 aromatic rings. The zero-order valence-electron chi connectivity index (χ0n) is 13.4. The topological polar surface area (TPSA) is 41.6 Å². The maximum Gasteiger partial charge on any atom is 0.409 e. The quantitative estimate of drug-likeness (QED) is 0.897. The molecule has 2 rings (SSSR count). The van der Waals surface area contributed by atoms with E-state index in [-0.39, 0.29) is 12.0 Å². The van der Waals surface area contributed by atoms with Gasteiger partial charge in [0.15, 0.2) is 6.04 Å². The van der Waals surface area contributed by atoms with Gasteiger partial charge < -0.3 is 4.74 Å². The first kappa shape index (κ1) is 17.6. The third-order valence-corrected chi connectivity index (χ3v) is 3.73. The van der Waals surface area contributed by atoms with Crippen LogP contribution in [0.3, 0.4) is 0 Å². The summed E-state index contributed by atoms with van der Waals surface area (Å²) >= 11 is 0. The molecule has 1 atom stereocenters. The fourth-order valence-electron chi connectivity index (χ4n) is 2.67. The Hall–Kier alpha value is -1.76. The standard InChI is InChI=1S/C16H21F3N2O2/c1-4-9-23-12-7-5-11(6-8-12)14(16(17,18)19)21-15(2,3)10-13(22)20-21/h5-8,14H,4,9-10H2,1-3H3,(H,20,22). The number of amides is 1. The second kappa shape index (κ2) is 6.39.